The summed E-state index contributed by atoms with van der Waals surface area (Å²) in [6, 6.07) is 3.39. The van der Waals surface area contributed by atoms with Crippen LogP contribution in [0.5, 0.6) is 0 Å². The lowest BCUT2D eigenvalue weighted by Crippen LogP contribution is -2.45. The fraction of sp³-hybridized carbons (Fsp3) is 0.417. The molecule has 114 valence electrons. The van der Waals surface area contributed by atoms with Crippen LogP contribution >= 0.6 is 0 Å². The van der Waals surface area contributed by atoms with Crippen molar-refractivity contribution in [3.63, 3.8) is 0 Å². The first-order valence-corrected chi connectivity index (χ1v) is 7.54. The van der Waals surface area contributed by atoms with Crippen LogP contribution in [0, 0.1) is 11.3 Å². The highest BCUT2D eigenvalue weighted by atomic mass is 32.2. The van der Waals surface area contributed by atoms with Gasteiger partial charge in [-0.3, -0.25) is 4.79 Å². The second kappa shape index (κ2) is 7.68. The molecule has 0 aromatic carbocycles. The van der Waals surface area contributed by atoms with Gasteiger partial charge in [-0.25, -0.2) is 13.4 Å². The minimum Gasteiger partial charge on any atom is -0.383 e. The summed E-state index contributed by atoms with van der Waals surface area (Å²) in [4.78, 5) is 15.2. The first-order chi connectivity index (χ1) is 9.90. The minimum atomic E-state index is -3.87. The molecule has 0 radical (unpaired) electrons. The topological polar surface area (TPSA) is 121 Å². The van der Waals surface area contributed by atoms with Crippen LogP contribution in [0.15, 0.2) is 23.2 Å². The molecule has 0 bridgehead atoms. The molecule has 2 N–H and O–H groups in total. The lowest BCUT2D eigenvalue weighted by Gasteiger charge is -2.14. The molecule has 0 fully saturated rings. The van der Waals surface area contributed by atoms with Gasteiger partial charge in [0.2, 0.25) is 15.9 Å². The summed E-state index contributed by atoms with van der Waals surface area (Å²) >= 11 is 0. The lowest BCUT2D eigenvalue weighted by atomic mass is 10.3. The molecular formula is C12H16N4O4S. The van der Waals surface area contributed by atoms with E-state index in [-0.39, 0.29) is 10.6 Å². The van der Waals surface area contributed by atoms with Crippen LogP contribution in [0.4, 0.5) is 0 Å². The first kappa shape index (κ1) is 17.0. The van der Waals surface area contributed by atoms with Gasteiger partial charge in [0, 0.05) is 19.9 Å². The van der Waals surface area contributed by atoms with Crippen molar-refractivity contribution in [2.24, 2.45) is 0 Å². The minimum absolute atomic E-state index is 0.110. The molecule has 8 nitrogen and oxygen atoms in total. The van der Waals surface area contributed by atoms with Crippen molar-refractivity contribution in [1.29, 1.82) is 5.26 Å². The smallest absolute Gasteiger partial charge is 0.242 e. The number of aromatic nitrogens is 1. The SMILES string of the molecule is COCCNC(=O)C(C)NS(=O)(=O)c1ccc(C#N)nc1. The van der Waals surface area contributed by atoms with E-state index >= 15 is 0 Å². The molecule has 9 heteroatoms. The molecule has 0 aliphatic carbocycles. The van der Waals surface area contributed by atoms with Crippen LogP contribution in [0.3, 0.4) is 0 Å². The van der Waals surface area contributed by atoms with Crippen LogP contribution < -0.4 is 10.0 Å². The molecule has 1 atom stereocenters. The van der Waals surface area contributed by atoms with E-state index in [0.717, 1.165) is 6.20 Å². The standard InChI is InChI=1S/C12H16N4O4S/c1-9(12(17)14-5-6-20-2)16-21(18,19)11-4-3-10(7-13)15-8-11/h3-4,8-9,16H,5-6H2,1-2H3,(H,14,17). The molecule has 0 aliphatic rings. The fourth-order valence-corrected chi connectivity index (χ4v) is 2.54. The van der Waals surface area contributed by atoms with E-state index in [0.29, 0.717) is 13.2 Å². The number of hydrogen-bond acceptors (Lipinski definition) is 6. The van der Waals surface area contributed by atoms with Gasteiger partial charge in [0.25, 0.3) is 0 Å². The quantitative estimate of drug-likeness (QED) is 0.647. The van der Waals surface area contributed by atoms with Crippen molar-refractivity contribution < 1.29 is 17.9 Å². The first-order valence-electron chi connectivity index (χ1n) is 6.06. The molecule has 1 unspecified atom stereocenters. The molecule has 21 heavy (non-hydrogen) atoms. The zero-order chi connectivity index (χ0) is 15.9. The number of nitriles is 1. The molecule has 1 rings (SSSR count). The Morgan fingerprint density at radius 2 is 2.24 bits per heavy atom. The van der Waals surface area contributed by atoms with Crippen molar-refractivity contribution in [3.8, 4) is 6.07 Å². The third-order valence-corrected chi connectivity index (χ3v) is 4.02. The van der Waals surface area contributed by atoms with Crippen molar-refractivity contribution in [2.45, 2.75) is 17.9 Å². The highest BCUT2D eigenvalue weighted by Gasteiger charge is 2.22. The summed E-state index contributed by atoms with van der Waals surface area (Å²) in [7, 11) is -2.38. The van der Waals surface area contributed by atoms with Crippen molar-refractivity contribution >= 4 is 15.9 Å². The predicted molar refractivity (Wildman–Crippen MR) is 73.6 cm³/mol. The zero-order valence-corrected chi connectivity index (χ0v) is 12.5. The fourth-order valence-electron chi connectivity index (χ4n) is 1.39. The summed E-state index contributed by atoms with van der Waals surface area (Å²) in [6.07, 6.45) is 1.07. The summed E-state index contributed by atoms with van der Waals surface area (Å²) in [6.45, 7) is 2.06. The van der Waals surface area contributed by atoms with Crippen LogP contribution in [0.1, 0.15) is 12.6 Å². The molecule has 0 aliphatic heterocycles. The number of rotatable bonds is 7. The maximum absolute atomic E-state index is 12.0. The molecule has 0 saturated carbocycles. The summed E-state index contributed by atoms with van der Waals surface area (Å²) in [5.74, 6) is -0.461. The molecule has 1 heterocycles. The van der Waals surface area contributed by atoms with Gasteiger partial charge >= 0.3 is 0 Å². The summed E-state index contributed by atoms with van der Waals surface area (Å²) in [5.41, 5.74) is 0.110. The third-order valence-electron chi connectivity index (χ3n) is 2.49. The maximum atomic E-state index is 12.0. The van der Waals surface area contributed by atoms with Crippen LogP contribution in [-0.2, 0) is 19.6 Å². The number of amides is 1. The van der Waals surface area contributed by atoms with Gasteiger partial charge in [-0.05, 0) is 19.1 Å². The molecule has 1 aromatic rings. The van der Waals surface area contributed by atoms with Gasteiger partial charge < -0.3 is 10.1 Å². The highest BCUT2D eigenvalue weighted by Crippen LogP contribution is 2.08. The lowest BCUT2D eigenvalue weighted by molar-refractivity contribution is -0.122. The number of hydrogen-bond donors (Lipinski definition) is 2. The van der Waals surface area contributed by atoms with E-state index < -0.39 is 22.0 Å². The third kappa shape index (κ3) is 5.11. The van der Waals surface area contributed by atoms with Crippen LogP contribution in [-0.4, -0.2) is 45.6 Å². The van der Waals surface area contributed by atoms with E-state index in [9.17, 15) is 13.2 Å². The molecule has 1 amide bonds. The Morgan fingerprint density at radius 3 is 2.76 bits per heavy atom. The largest absolute Gasteiger partial charge is 0.383 e. The van der Waals surface area contributed by atoms with E-state index in [1.54, 1.807) is 6.07 Å². The van der Waals surface area contributed by atoms with Crippen molar-refractivity contribution in [2.75, 3.05) is 20.3 Å². The van der Waals surface area contributed by atoms with E-state index in [1.807, 2.05) is 0 Å². The second-order valence-corrected chi connectivity index (χ2v) is 5.83. The molecule has 0 spiro atoms. The normalized spacial score (nSPS) is 12.4. The van der Waals surface area contributed by atoms with Gasteiger partial charge in [0.05, 0.1) is 12.6 Å². The van der Waals surface area contributed by atoms with E-state index in [2.05, 4.69) is 15.0 Å². The van der Waals surface area contributed by atoms with E-state index in [1.165, 1.54) is 26.2 Å². The van der Waals surface area contributed by atoms with Gasteiger partial charge in [0.15, 0.2) is 0 Å². The number of nitrogens with zero attached hydrogens (tertiary/aromatic N) is 2. The van der Waals surface area contributed by atoms with Crippen LogP contribution in [0.2, 0.25) is 0 Å². The Hall–Kier alpha value is -2.02. The number of nitrogens with one attached hydrogen (secondary N) is 2. The number of methoxy groups -OCH3 is 1. The number of carbonyl (C=O) groups is 1. The Kier molecular flexibility index (Phi) is 6.23. The molecule has 0 saturated heterocycles. The Balaban J connectivity index is 2.70. The van der Waals surface area contributed by atoms with Crippen molar-refractivity contribution in [3.05, 3.63) is 24.0 Å². The number of carbonyl (C=O) groups excluding carboxylic acids is 1. The van der Waals surface area contributed by atoms with Gasteiger partial charge in [-0.2, -0.15) is 9.98 Å². The summed E-state index contributed by atoms with van der Waals surface area (Å²) < 4.78 is 31.1. The van der Waals surface area contributed by atoms with E-state index in [4.69, 9.17) is 10.00 Å². The average molecular weight is 312 g/mol. The Morgan fingerprint density at radius 1 is 1.52 bits per heavy atom. The average Bonchev–Trinajstić information content (AvgIpc) is 2.47. The molecular weight excluding hydrogens is 296 g/mol. The summed E-state index contributed by atoms with van der Waals surface area (Å²) in [5, 5.41) is 11.1. The maximum Gasteiger partial charge on any atom is 0.242 e. The van der Waals surface area contributed by atoms with Gasteiger partial charge in [0.1, 0.15) is 16.7 Å². The highest BCUT2D eigenvalue weighted by molar-refractivity contribution is 7.89. The Labute approximate surface area is 123 Å². The number of ether oxygens (including phenoxy) is 1. The second-order valence-electron chi connectivity index (χ2n) is 4.12. The predicted octanol–water partition coefficient (Wildman–Crippen LogP) is -0.617. The van der Waals surface area contributed by atoms with Crippen molar-refractivity contribution in [1.82, 2.24) is 15.0 Å². The Bertz CT molecular complexity index is 622. The monoisotopic (exact) mass is 312 g/mol. The van der Waals surface area contributed by atoms with Gasteiger partial charge in [-0.1, -0.05) is 0 Å². The molecule has 1 aromatic heterocycles. The van der Waals surface area contributed by atoms with Crippen LogP contribution in [0.25, 0.3) is 0 Å². The number of pyridine rings is 1. The zero-order valence-electron chi connectivity index (χ0n) is 11.7. The number of sulfonamides is 1. The van der Waals surface area contributed by atoms with Gasteiger partial charge in [-0.15, -0.1) is 0 Å².